The van der Waals surface area contributed by atoms with Crippen LogP contribution in [0.25, 0.3) is 0 Å². The summed E-state index contributed by atoms with van der Waals surface area (Å²) < 4.78 is 27.2. The molecule has 0 aromatic heterocycles. The Kier molecular flexibility index (Phi) is 5.53. The second-order valence-corrected chi connectivity index (χ2v) is 8.96. The van der Waals surface area contributed by atoms with Crippen molar-refractivity contribution in [2.75, 3.05) is 24.4 Å². The topological polar surface area (TPSA) is 83.7 Å². The molecule has 1 unspecified atom stereocenters. The number of carbonyl (C=O) groups is 1. The van der Waals surface area contributed by atoms with E-state index in [1.54, 1.807) is 29.2 Å². The second kappa shape index (κ2) is 7.70. The summed E-state index contributed by atoms with van der Waals surface area (Å²) in [6.45, 7) is 3.09. The van der Waals surface area contributed by atoms with Crippen LogP contribution in [0, 0.1) is 6.92 Å². The zero-order valence-electron chi connectivity index (χ0n) is 15.6. The number of aryl methyl sites for hydroxylation is 1. The fraction of sp³-hybridized carbons (Fsp3) is 0.350. The van der Waals surface area contributed by atoms with Gasteiger partial charge >= 0.3 is 0 Å². The Hall–Kier alpha value is -2.38. The standard InChI is InChI=1S/C20H25N3O3S/c1-15-8-10-18(11-9-15)22(2)27(25,26)19-7-3-5-16(13-19)20(24)23-12-4-6-17(21)14-23/h3,5,7-11,13,17H,4,6,12,14,21H2,1-2H3. The molecule has 0 aliphatic carbocycles. The molecular weight excluding hydrogens is 362 g/mol. The molecular formula is C20H25N3O3S. The molecule has 1 heterocycles. The van der Waals surface area contributed by atoms with E-state index < -0.39 is 10.0 Å². The van der Waals surface area contributed by atoms with Crippen molar-refractivity contribution < 1.29 is 13.2 Å². The Labute approximate surface area is 160 Å². The number of carbonyl (C=O) groups excluding carboxylic acids is 1. The minimum atomic E-state index is -3.76. The number of nitrogens with zero attached hydrogens (tertiary/aromatic N) is 2. The molecule has 0 radical (unpaired) electrons. The number of rotatable bonds is 4. The van der Waals surface area contributed by atoms with Gasteiger partial charge in [0.2, 0.25) is 0 Å². The molecule has 1 fully saturated rings. The average molecular weight is 388 g/mol. The van der Waals surface area contributed by atoms with Crippen LogP contribution in [0.3, 0.4) is 0 Å². The van der Waals surface area contributed by atoms with Crippen LogP contribution in [0.5, 0.6) is 0 Å². The van der Waals surface area contributed by atoms with Gasteiger partial charge in [-0.3, -0.25) is 9.10 Å². The van der Waals surface area contributed by atoms with Crippen LogP contribution in [0.15, 0.2) is 53.4 Å². The average Bonchev–Trinajstić information content (AvgIpc) is 2.67. The molecule has 1 saturated heterocycles. The van der Waals surface area contributed by atoms with Gasteiger partial charge in [0, 0.05) is 31.7 Å². The van der Waals surface area contributed by atoms with Crippen molar-refractivity contribution in [3.8, 4) is 0 Å². The maximum atomic E-state index is 13.0. The van der Waals surface area contributed by atoms with E-state index >= 15 is 0 Å². The first-order chi connectivity index (χ1) is 12.8. The molecule has 0 bridgehead atoms. The molecule has 1 aliphatic heterocycles. The summed E-state index contributed by atoms with van der Waals surface area (Å²) >= 11 is 0. The Balaban J connectivity index is 1.87. The molecule has 3 rings (SSSR count). The van der Waals surface area contributed by atoms with Gasteiger partial charge in [0.1, 0.15) is 0 Å². The van der Waals surface area contributed by atoms with Crippen molar-refractivity contribution in [2.45, 2.75) is 30.7 Å². The van der Waals surface area contributed by atoms with Crippen molar-refractivity contribution >= 4 is 21.6 Å². The first kappa shape index (κ1) is 19.4. The van der Waals surface area contributed by atoms with Crippen molar-refractivity contribution in [1.29, 1.82) is 0 Å². The van der Waals surface area contributed by atoms with Gasteiger partial charge < -0.3 is 10.6 Å². The van der Waals surface area contributed by atoms with Gasteiger partial charge in [0.25, 0.3) is 15.9 Å². The third-order valence-electron chi connectivity index (χ3n) is 4.88. The lowest BCUT2D eigenvalue weighted by Crippen LogP contribution is -2.45. The molecule has 1 amide bonds. The highest BCUT2D eigenvalue weighted by Gasteiger charge is 2.25. The summed E-state index contributed by atoms with van der Waals surface area (Å²) in [5.41, 5.74) is 7.94. The van der Waals surface area contributed by atoms with E-state index in [4.69, 9.17) is 5.73 Å². The lowest BCUT2D eigenvalue weighted by Gasteiger charge is -2.31. The molecule has 7 heteroatoms. The molecule has 0 saturated carbocycles. The quantitative estimate of drug-likeness (QED) is 0.873. The maximum Gasteiger partial charge on any atom is 0.264 e. The van der Waals surface area contributed by atoms with Crippen LogP contribution in [0.4, 0.5) is 5.69 Å². The Morgan fingerprint density at radius 2 is 1.89 bits per heavy atom. The molecule has 0 spiro atoms. The van der Waals surface area contributed by atoms with Gasteiger partial charge in [0.05, 0.1) is 10.6 Å². The van der Waals surface area contributed by atoms with E-state index in [1.165, 1.54) is 23.5 Å². The van der Waals surface area contributed by atoms with Gasteiger partial charge in [-0.2, -0.15) is 0 Å². The maximum absolute atomic E-state index is 13.0. The largest absolute Gasteiger partial charge is 0.337 e. The first-order valence-electron chi connectivity index (χ1n) is 8.99. The third-order valence-corrected chi connectivity index (χ3v) is 6.66. The van der Waals surface area contributed by atoms with Crippen molar-refractivity contribution in [1.82, 2.24) is 4.90 Å². The van der Waals surface area contributed by atoms with E-state index in [0.717, 1.165) is 18.4 Å². The van der Waals surface area contributed by atoms with Crippen LogP contribution in [-0.2, 0) is 10.0 Å². The highest BCUT2D eigenvalue weighted by Crippen LogP contribution is 2.23. The van der Waals surface area contributed by atoms with Crippen LogP contribution < -0.4 is 10.0 Å². The predicted molar refractivity (Wildman–Crippen MR) is 106 cm³/mol. The molecule has 1 aliphatic rings. The summed E-state index contributed by atoms with van der Waals surface area (Å²) in [5, 5.41) is 0. The Morgan fingerprint density at radius 1 is 1.19 bits per heavy atom. The molecule has 27 heavy (non-hydrogen) atoms. The zero-order chi connectivity index (χ0) is 19.6. The lowest BCUT2D eigenvalue weighted by atomic mass is 10.1. The van der Waals surface area contributed by atoms with Gasteiger partial charge in [-0.15, -0.1) is 0 Å². The molecule has 1 atom stereocenters. The fourth-order valence-corrected chi connectivity index (χ4v) is 4.46. The number of nitrogens with two attached hydrogens (primary N) is 1. The second-order valence-electron chi connectivity index (χ2n) is 6.99. The van der Waals surface area contributed by atoms with E-state index in [2.05, 4.69) is 0 Å². The van der Waals surface area contributed by atoms with Gasteiger partial charge in [0.15, 0.2) is 0 Å². The Morgan fingerprint density at radius 3 is 2.56 bits per heavy atom. The summed E-state index contributed by atoms with van der Waals surface area (Å²) in [5.74, 6) is -0.180. The highest BCUT2D eigenvalue weighted by atomic mass is 32.2. The van der Waals surface area contributed by atoms with Crippen molar-refractivity contribution in [3.63, 3.8) is 0 Å². The summed E-state index contributed by atoms with van der Waals surface area (Å²) in [7, 11) is -2.25. The number of amides is 1. The zero-order valence-corrected chi connectivity index (χ0v) is 16.4. The van der Waals surface area contributed by atoms with E-state index in [9.17, 15) is 13.2 Å². The lowest BCUT2D eigenvalue weighted by molar-refractivity contribution is 0.0708. The number of hydrogen-bond acceptors (Lipinski definition) is 4. The van der Waals surface area contributed by atoms with Crippen LogP contribution in [0.2, 0.25) is 0 Å². The smallest absolute Gasteiger partial charge is 0.264 e. The minimum Gasteiger partial charge on any atom is -0.337 e. The number of sulfonamides is 1. The number of hydrogen-bond donors (Lipinski definition) is 1. The SMILES string of the molecule is Cc1ccc(N(C)S(=O)(=O)c2cccc(C(=O)N3CCCC(N)C3)c2)cc1. The minimum absolute atomic E-state index is 0.0257. The van der Waals surface area contributed by atoms with Crippen LogP contribution >= 0.6 is 0 Å². The van der Waals surface area contributed by atoms with E-state index in [1.807, 2.05) is 19.1 Å². The molecule has 2 N–H and O–H groups in total. The normalized spacial score (nSPS) is 17.6. The summed E-state index contributed by atoms with van der Waals surface area (Å²) in [6.07, 6.45) is 1.76. The molecule has 2 aromatic carbocycles. The summed E-state index contributed by atoms with van der Waals surface area (Å²) in [6, 6.07) is 13.4. The van der Waals surface area contributed by atoms with Crippen LogP contribution in [-0.4, -0.2) is 45.4 Å². The van der Waals surface area contributed by atoms with Gasteiger partial charge in [-0.1, -0.05) is 23.8 Å². The van der Waals surface area contributed by atoms with Gasteiger partial charge in [-0.25, -0.2) is 8.42 Å². The number of anilines is 1. The predicted octanol–water partition coefficient (Wildman–Crippen LogP) is 2.38. The summed E-state index contributed by atoms with van der Waals surface area (Å²) in [4.78, 5) is 14.6. The molecule has 6 nitrogen and oxygen atoms in total. The Bertz CT molecular complexity index is 926. The number of benzene rings is 2. The third kappa shape index (κ3) is 4.14. The van der Waals surface area contributed by atoms with Crippen molar-refractivity contribution in [3.05, 3.63) is 59.7 Å². The number of piperidine rings is 1. The highest BCUT2D eigenvalue weighted by molar-refractivity contribution is 7.92. The van der Waals surface area contributed by atoms with Crippen LogP contribution in [0.1, 0.15) is 28.8 Å². The van der Waals surface area contributed by atoms with E-state index in [-0.39, 0.29) is 16.8 Å². The molecule has 144 valence electrons. The monoisotopic (exact) mass is 387 g/mol. The van der Waals surface area contributed by atoms with Crippen molar-refractivity contribution in [2.24, 2.45) is 5.73 Å². The van der Waals surface area contributed by atoms with Gasteiger partial charge in [-0.05, 0) is 50.1 Å². The fourth-order valence-electron chi connectivity index (χ4n) is 3.22. The van der Waals surface area contributed by atoms with E-state index in [0.29, 0.717) is 24.3 Å². The molecule has 2 aromatic rings. The number of likely N-dealkylation sites (tertiary alicyclic amines) is 1. The first-order valence-corrected chi connectivity index (χ1v) is 10.4.